The number of nitrogens with zero attached hydrogens (tertiary/aromatic N) is 1. The van der Waals surface area contributed by atoms with E-state index >= 15 is 0 Å². The zero-order chi connectivity index (χ0) is 13.8. The fraction of sp³-hybridized carbons (Fsp3) is 0.444. The second-order valence-corrected chi connectivity index (χ2v) is 5.86. The summed E-state index contributed by atoms with van der Waals surface area (Å²) in [6.45, 7) is 2.26. The van der Waals surface area contributed by atoms with E-state index in [4.69, 9.17) is 4.74 Å². The van der Waals surface area contributed by atoms with Crippen LogP contribution in [0, 0.1) is 5.92 Å². The zero-order valence-electron chi connectivity index (χ0n) is 12.6. The third kappa shape index (κ3) is 4.12. The van der Waals surface area contributed by atoms with Crippen molar-refractivity contribution >= 4 is 12.4 Å². The monoisotopic (exact) mass is 305 g/mol. The highest BCUT2D eigenvalue weighted by Gasteiger charge is 2.19. The first-order valence-corrected chi connectivity index (χ1v) is 7.60. The lowest BCUT2D eigenvalue weighted by molar-refractivity contribution is 0.252. The maximum Gasteiger partial charge on any atom is 0.107 e. The maximum atomic E-state index is 6.04. The molecule has 0 aromatic rings. The van der Waals surface area contributed by atoms with Crippen LogP contribution < -0.4 is 0 Å². The molecule has 1 atom stereocenters. The van der Waals surface area contributed by atoms with E-state index in [0.29, 0.717) is 5.92 Å². The summed E-state index contributed by atoms with van der Waals surface area (Å²) in [5.74, 6) is 1.66. The van der Waals surface area contributed by atoms with Crippen molar-refractivity contribution in [3.63, 3.8) is 0 Å². The number of rotatable bonds is 0. The summed E-state index contributed by atoms with van der Waals surface area (Å²) in [5, 5.41) is 0. The van der Waals surface area contributed by atoms with Gasteiger partial charge >= 0.3 is 0 Å². The number of allylic oxidation sites excluding steroid dienone is 8. The molecule has 0 N–H and O–H groups in total. The van der Waals surface area contributed by atoms with Gasteiger partial charge in [0.05, 0.1) is 6.26 Å². The molecule has 0 radical (unpaired) electrons. The summed E-state index contributed by atoms with van der Waals surface area (Å²) in [6.07, 6.45) is 19.5. The summed E-state index contributed by atoms with van der Waals surface area (Å²) in [6, 6.07) is 0. The Labute approximate surface area is 134 Å². The van der Waals surface area contributed by atoms with Crippen LogP contribution >= 0.6 is 12.4 Å². The van der Waals surface area contributed by atoms with Crippen molar-refractivity contribution in [2.75, 3.05) is 20.1 Å². The average molecular weight is 306 g/mol. The molecule has 2 aliphatic carbocycles. The second kappa shape index (κ2) is 7.67. The van der Waals surface area contributed by atoms with E-state index in [9.17, 15) is 0 Å². The predicted octanol–water partition coefficient (Wildman–Crippen LogP) is 4.38. The van der Waals surface area contributed by atoms with E-state index in [1.807, 2.05) is 6.26 Å². The van der Waals surface area contributed by atoms with Crippen LogP contribution in [0.25, 0.3) is 0 Å². The molecule has 3 rings (SSSR count). The molecule has 0 saturated carbocycles. The van der Waals surface area contributed by atoms with Gasteiger partial charge in [0, 0.05) is 12.5 Å². The molecule has 0 fully saturated rings. The van der Waals surface area contributed by atoms with Gasteiger partial charge in [0.2, 0.25) is 0 Å². The van der Waals surface area contributed by atoms with Gasteiger partial charge in [0.15, 0.2) is 0 Å². The molecule has 1 heterocycles. The smallest absolute Gasteiger partial charge is 0.107 e. The topological polar surface area (TPSA) is 12.5 Å². The normalized spacial score (nSPS) is 28.4. The van der Waals surface area contributed by atoms with Gasteiger partial charge in [-0.2, -0.15) is 0 Å². The quantitative estimate of drug-likeness (QED) is 0.658. The van der Waals surface area contributed by atoms with Gasteiger partial charge in [0.1, 0.15) is 5.76 Å². The van der Waals surface area contributed by atoms with E-state index in [1.165, 1.54) is 17.6 Å². The van der Waals surface area contributed by atoms with Crippen molar-refractivity contribution in [1.82, 2.24) is 4.90 Å². The van der Waals surface area contributed by atoms with E-state index in [-0.39, 0.29) is 12.4 Å². The fourth-order valence-corrected chi connectivity index (χ4v) is 2.98. The van der Waals surface area contributed by atoms with Crippen LogP contribution in [0.15, 0.2) is 59.6 Å². The molecule has 0 amide bonds. The summed E-state index contributed by atoms with van der Waals surface area (Å²) >= 11 is 0. The second-order valence-electron chi connectivity index (χ2n) is 5.86. The minimum absolute atomic E-state index is 0. The molecule has 2 nitrogen and oxygen atoms in total. The number of ether oxygens (including phenoxy) is 1. The molecule has 0 aromatic heterocycles. The molecule has 21 heavy (non-hydrogen) atoms. The summed E-state index contributed by atoms with van der Waals surface area (Å²) in [4.78, 5) is 2.44. The first-order valence-electron chi connectivity index (χ1n) is 7.60. The largest absolute Gasteiger partial charge is 0.469 e. The van der Waals surface area contributed by atoms with E-state index in [0.717, 1.165) is 38.1 Å². The fourth-order valence-electron chi connectivity index (χ4n) is 2.98. The molecule has 0 aromatic carbocycles. The molecule has 1 unspecified atom stereocenters. The Bertz CT molecular complexity index is 513. The van der Waals surface area contributed by atoms with Gasteiger partial charge in [-0.25, -0.2) is 0 Å². The number of hydrogen-bond acceptors (Lipinski definition) is 2. The van der Waals surface area contributed by atoms with Crippen LogP contribution in [0.3, 0.4) is 0 Å². The first kappa shape index (κ1) is 16.1. The maximum absolute atomic E-state index is 6.04. The zero-order valence-corrected chi connectivity index (χ0v) is 13.4. The minimum atomic E-state index is 0. The Kier molecular flexibility index (Phi) is 5.89. The SMILES string of the molecule is CN1CCC2=CC=CC/C2=C/OC2=CC=CCC2CC1.Cl. The van der Waals surface area contributed by atoms with Gasteiger partial charge in [-0.15, -0.1) is 12.4 Å². The molecule has 114 valence electrons. The summed E-state index contributed by atoms with van der Waals surface area (Å²) in [7, 11) is 2.23. The third-order valence-corrected chi connectivity index (χ3v) is 4.36. The van der Waals surface area contributed by atoms with Crippen LogP contribution in [0.2, 0.25) is 0 Å². The van der Waals surface area contributed by atoms with Crippen LogP contribution in [-0.4, -0.2) is 25.0 Å². The van der Waals surface area contributed by atoms with E-state index in [2.05, 4.69) is 48.4 Å². The molecule has 0 bridgehead atoms. The minimum Gasteiger partial charge on any atom is -0.469 e. The average Bonchev–Trinajstić information content (AvgIpc) is 2.52. The molecule has 1 aliphatic heterocycles. The predicted molar refractivity (Wildman–Crippen MR) is 90.3 cm³/mol. The Morgan fingerprint density at radius 1 is 1.10 bits per heavy atom. The summed E-state index contributed by atoms with van der Waals surface area (Å²) < 4.78 is 6.04. The van der Waals surface area contributed by atoms with Crippen molar-refractivity contribution in [2.45, 2.75) is 25.7 Å². The highest BCUT2D eigenvalue weighted by Crippen LogP contribution is 2.29. The Hall–Kier alpha value is -1.25. The number of halogens is 1. The van der Waals surface area contributed by atoms with Crippen LogP contribution in [0.5, 0.6) is 0 Å². The molecular formula is C18H24ClNO. The van der Waals surface area contributed by atoms with Gasteiger partial charge < -0.3 is 9.64 Å². The first-order chi connectivity index (χ1) is 9.83. The van der Waals surface area contributed by atoms with Crippen molar-refractivity contribution in [2.24, 2.45) is 5.92 Å². The Morgan fingerprint density at radius 3 is 2.86 bits per heavy atom. The van der Waals surface area contributed by atoms with Gasteiger partial charge in [-0.1, -0.05) is 30.4 Å². The number of hydrogen-bond donors (Lipinski definition) is 0. The highest BCUT2D eigenvalue weighted by molar-refractivity contribution is 5.85. The lowest BCUT2D eigenvalue weighted by Gasteiger charge is -2.23. The number of fused-ring (bicyclic) bond motifs is 2. The van der Waals surface area contributed by atoms with Crippen LogP contribution in [0.1, 0.15) is 25.7 Å². The Balaban J connectivity index is 0.00000161. The van der Waals surface area contributed by atoms with Crippen LogP contribution in [0.4, 0.5) is 0 Å². The van der Waals surface area contributed by atoms with E-state index < -0.39 is 0 Å². The van der Waals surface area contributed by atoms with Gasteiger partial charge in [-0.3, -0.25) is 0 Å². The van der Waals surface area contributed by atoms with Crippen molar-refractivity contribution in [3.8, 4) is 0 Å². The molecule has 0 spiro atoms. The molecule has 3 heteroatoms. The molecule has 0 saturated heterocycles. The van der Waals surface area contributed by atoms with Gasteiger partial charge in [0.25, 0.3) is 0 Å². The molecular weight excluding hydrogens is 282 g/mol. The summed E-state index contributed by atoms with van der Waals surface area (Å²) in [5.41, 5.74) is 2.75. The Morgan fingerprint density at radius 2 is 1.95 bits per heavy atom. The van der Waals surface area contributed by atoms with Crippen molar-refractivity contribution in [1.29, 1.82) is 0 Å². The lowest BCUT2D eigenvalue weighted by Crippen LogP contribution is -2.24. The van der Waals surface area contributed by atoms with E-state index in [1.54, 1.807) is 0 Å². The van der Waals surface area contributed by atoms with Crippen molar-refractivity contribution < 1.29 is 4.74 Å². The third-order valence-electron chi connectivity index (χ3n) is 4.36. The standard InChI is InChI=1S/C18H23NO.ClH/c1-19-12-10-15-6-2-3-8-17(15)14-20-18-9-5-4-7-16(18)11-13-19;/h2-6,9,14,16H,7-8,10-13H2,1H3;1H/b17-14-;. The molecule has 3 aliphatic rings. The highest BCUT2D eigenvalue weighted by atomic mass is 35.5. The van der Waals surface area contributed by atoms with Crippen LogP contribution in [-0.2, 0) is 4.74 Å². The lowest BCUT2D eigenvalue weighted by atomic mass is 9.95. The van der Waals surface area contributed by atoms with Gasteiger partial charge in [-0.05, 0) is 56.5 Å². The van der Waals surface area contributed by atoms with Crippen molar-refractivity contribution in [3.05, 3.63) is 59.6 Å².